The number of nitrogens with zero attached hydrogens (tertiary/aromatic N) is 2. The highest BCUT2D eigenvalue weighted by atomic mass is 16.2. The average molecular weight is 214 g/mol. The van der Waals surface area contributed by atoms with E-state index in [1.165, 1.54) is 0 Å². The van der Waals surface area contributed by atoms with Gasteiger partial charge in [-0.2, -0.15) is 0 Å². The van der Waals surface area contributed by atoms with Gasteiger partial charge >= 0.3 is 0 Å². The van der Waals surface area contributed by atoms with Crippen LogP contribution in [0.5, 0.6) is 0 Å². The van der Waals surface area contributed by atoms with Crippen LogP contribution in [0.3, 0.4) is 0 Å². The van der Waals surface area contributed by atoms with Crippen LogP contribution in [-0.2, 0) is 4.79 Å². The number of carbonyl (C=O) groups excluding carboxylic acids is 1. The molecule has 90 valence electrons. The van der Waals surface area contributed by atoms with Crippen molar-refractivity contribution in [2.75, 3.05) is 33.7 Å². The van der Waals surface area contributed by atoms with Crippen molar-refractivity contribution in [3.63, 3.8) is 0 Å². The molecule has 0 aromatic heterocycles. The van der Waals surface area contributed by atoms with Gasteiger partial charge in [-0.1, -0.05) is 20.8 Å². The third-order valence-electron chi connectivity index (χ3n) is 2.75. The second-order valence-electron chi connectivity index (χ2n) is 4.23. The van der Waals surface area contributed by atoms with E-state index >= 15 is 0 Å². The van der Waals surface area contributed by atoms with Gasteiger partial charge in [0.2, 0.25) is 5.91 Å². The first-order chi connectivity index (χ1) is 7.06. The number of rotatable bonds is 7. The first-order valence-corrected chi connectivity index (χ1v) is 6.00. The van der Waals surface area contributed by atoms with Crippen LogP contribution in [0.25, 0.3) is 0 Å². The largest absolute Gasteiger partial charge is 0.349 e. The van der Waals surface area contributed by atoms with E-state index in [0.717, 1.165) is 32.5 Å². The molecule has 15 heavy (non-hydrogen) atoms. The Hall–Kier alpha value is -0.570. The molecule has 0 bridgehead atoms. The van der Waals surface area contributed by atoms with E-state index in [4.69, 9.17) is 0 Å². The molecule has 0 aliphatic heterocycles. The van der Waals surface area contributed by atoms with Gasteiger partial charge in [-0.25, -0.2) is 0 Å². The van der Waals surface area contributed by atoms with Crippen LogP contribution in [0.1, 0.15) is 33.6 Å². The number of hydrogen-bond donors (Lipinski definition) is 0. The summed E-state index contributed by atoms with van der Waals surface area (Å²) < 4.78 is 0. The number of carbonyl (C=O) groups is 1. The van der Waals surface area contributed by atoms with E-state index in [0.29, 0.717) is 0 Å². The van der Waals surface area contributed by atoms with Gasteiger partial charge in [0.15, 0.2) is 0 Å². The molecule has 0 radical (unpaired) electrons. The van der Waals surface area contributed by atoms with Gasteiger partial charge in [0.1, 0.15) is 0 Å². The molecule has 0 rings (SSSR count). The molecule has 0 aliphatic rings. The van der Waals surface area contributed by atoms with Gasteiger partial charge in [-0.15, -0.1) is 0 Å². The molecule has 1 amide bonds. The van der Waals surface area contributed by atoms with Crippen LogP contribution in [0.2, 0.25) is 0 Å². The van der Waals surface area contributed by atoms with Gasteiger partial charge in [0, 0.05) is 20.6 Å². The van der Waals surface area contributed by atoms with Crippen LogP contribution in [-0.4, -0.2) is 49.4 Å². The lowest BCUT2D eigenvalue weighted by Crippen LogP contribution is -2.38. The van der Waals surface area contributed by atoms with Crippen LogP contribution < -0.4 is 0 Å². The van der Waals surface area contributed by atoms with Gasteiger partial charge in [-0.05, 0) is 25.9 Å². The molecular weight excluding hydrogens is 188 g/mol. The Balaban J connectivity index is 4.23. The van der Waals surface area contributed by atoms with Gasteiger partial charge in [-0.3, -0.25) is 4.79 Å². The van der Waals surface area contributed by atoms with Crippen molar-refractivity contribution < 1.29 is 4.79 Å². The summed E-state index contributed by atoms with van der Waals surface area (Å²) >= 11 is 0. The summed E-state index contributed by atoms with van der Waals surface area (Å²) in [5.41, 5.74) is 0. The van der Waals surface area contributed by atoms with Crippen molar-refractivity contribution in [2.45, 2.75) is 33.6 Å². The maximum atomic E-state index is 11.8. The van der Waals surface area contributed by atoms with E-state index in [1.807, 2.05) is 14.1 Å². The molecule has 0 aromatic carbocycles. The molecule has 0 fully saturated rings. The van der Waals surface area contributed by atoms with Crippen molar-refractivity contribution in [3.8, 4) is 0 Å². The molecule has 0 aromatic rings. The smallest absolute Gasteiger partial charge is 0.226 e. The Bertz CT molecular complexity index is 180. The standard InChI is InChI=1S/C12H26N2O/c1-6-9-14(8-3)10-11(7-2)12(15)13(4)5/h11H,6-10H2,1-5H3. The zero-order valence-corrected chi connectivity index (χ0v) is 10.9. The van der Waals surface area contributed by atoms with Crippen molar-refractivity contribution in [2.24, 2.45) is 5.92 Å². The van der Waals surface area contributed by atoms with Crippen molar-refractivity contribution >= 4 is 5.91 Å². The third kappa shape index (κ3) is 5.17. The summed E-state index contributed by atoms with van der Waals surface area (Å²) in [6.07, 6.45) is 2.08. The number of hydrogen-bond acceptors (Lipinski definition) is 2. The third-order valence-corrected chi connectivity index (χ3v) is 2.75. The molecule has 0 saturated carbocycles. The molecule has 3 heteroatoms. The fourth-order valence-electron chi connectivity index (χ4n) is 1.75. The number of amides is 1. The second kappa shape index (κ2) is 7.69. The summed E-state index contributed by atoms with van der Waals surface area (Å²) in [7, 11) is 3.67. The predicted octanol–water partition coefficient (Wildman–Crippen LogP) is 1.83. The fraction of sp³-hybridized carbons (Fsp3) is 0.917. The highest BCUT2D eigenvalue weighted by Crippen LogP contribution is 2.09. The quantitative estimate of drug-likeness (QED) is 0.645. The fourth-order valence-corrected chi connectivity index (χ4v) is 1.75. The second-order valence-corrected chi connectivity index (χ2v) is 4.23. The first-order valence-electron chi connectivity index (χ1n) is 6.00. The van der Waals surface area contributed by atoms with Crippen LogP contribution in [0.15, 0.2) is 0 Å². The van der Waals surface area contributed by atoms with E-state index in [1.54, 1.807) is 4.90 Å². The molecule has 0 spiro atoms. The topological polar surface area (TPSA) is 23.6 Å². The lowest BCUT2D eigenvalue weighted by atomic mass is 10.0. The predicted molar refractivity (Wildman–Crippen MR) is 64.9 cm³/mol. The van der Waals surface area contributed by atoms with Crippen molar-refractivity contribution in [3.05, 3.63) is 0 Å². The van der Waals surface area contributed by atoms with E-state index < -0.39 is 0 Å². The maximum absolute atomic E-state index is 11.8. The van der Waals surface area contributed by atoms with E-state index in [9.17, 15) is 4.79 Å². The summed E-state index contributed by atoms with van der Waals surface area (Å²) in [6.45, 7) is 9.45. The molecule has 0 saturated heterocycles. The highest BCUT2D eigenvalue weighted by Gasteiger charge is 2.20. The molecule has 0 heterocycles. The SMILES string of the molecule is CCCN(CC)CC(CC)C(=O)N(C)C. The minimum absolute atomic E-state index is 0.159. The maximum Gasteiger partial charge on any atom is 0.226 e. The van der Waals surface area contributed by atoms with Gasteiger partial charge < -0.3 is 9.80 Å². The molecule has 1 unspecified atom stereocenters. The van der Waals surface area contributed by atoms with Crippen molar-refractivity contribution in [1.29, 1.82) is 0 Å². The van der Waals surface area contributed by atoms with Crippen LogP contribution >= 0.6 is 0 Å². The van der Waals surface area contributed by atoms with E-state index in [2.05, 4.69) is 25.7 Å². The molecule has 0 N–H and O–H groups in total. The monoisotopic (exact) mass is 214 g/mol. The Labute approximate surface area is 94.4 Å². The summed E-state index contributed by atoms with van der Waals surface area (Å²) in [4.78, 5) is 15.9. The Morgan fingerprint density at radius 3 is 2.13 bits per heavy atom. The van der Waals surface area contributed by atoms with Gasteiger partial charge in [0.05, 0.1) is 5.92 Å². The van der Waals surface area contributed by atoms with Crippen LogP contribution in [0, 0.1) is 5.92 Å². The lowest BCUT2D eigenvalue weighted by molar-refractivity contribution is -0.133. The minimum atomic E-state index is 0.159. The Morgan fingerprint density at radius 1 is 1.20 bits per heavy atom. The highest BCUT2D eigenvalue weighted by molar-refractivity contribution is 5.78. The summed E-state index contributed by atoms with van der Waals surface area (Å²) in [5, 5.41) is 0. The summed E-state index contributed by atoms with van der Waals surface area (Å²) in [6, 6.07) is 0. The van der Waals surface area contributed by atoms with Crippen LogP contribution in [0.4, 0.5) is 0 Å². The Morgan fingerprint density at radius 2 is 1.80 bits per heavy atom. The molecular formula is C12H26N2O. The summed E-state index contributed by atoms with van der Waals surface area (Å²) in [5.74, 6) is 0.415. The van der Waals surface area contributed by atoms with Gasteiger partial charge in [0.25, 0.3) is 0 Å². The van der Waals surface area contributed by atoms with Crippen molar-refractivity contribution in [1.82, 2.24) is 9.80 Å². The molecule has 1 atom stereocenters. The average Bonchev–Trinajstić information content (AvgIpc) is 2.23. The lowest BCUT2D eigenvalue weighted by Gasteiger charge is -2.26. The molecule has 3 nitrogen and oxygen atoms in total. The minimum Gasteiger partial charge on any atom is -0.349 e. The molecule has 0 aliphatic carbocycles. The Kier molecular flexibility index (Phi) is 7.39. The zero-order valence-electron chi connectivity index (χ0n) is 10.9. The zero-order chi connectivity index (χ0) is 11.8. The first kappa shape index (κ1) is 14.4. The normalized spacial score (nSPS) is 12.9. The van der Waals surface area contributed by atoms with E-state index in [-0.39, 0.29) is 11.8 Å².